The van der Waals surface area contributed by atoms with Crippen molar-refractivity contribution in [3.63, 3.8) is 0 Å². The lowest BCUT2D eigenvalue weighted by Crippen LogP contribution is -2.17. The second kappa shape index (κ2) is 15.1. The number of fused-ring (bicyclic) bond motifs is 9. The normalized spacial score (nSPS) is 11.8. The fourth-order valence-corrected chi connectivity index (χ4v) is 10.7. The molecule has 0 fully saturated rings. The van der Waals surface area contributed by atoms with Gasteiger partial charge in [0.25, 0.3) is 0 Å². The molecule has 3 N–H and O–H groups in total. The Morgan fingerprint density at radius 1 is 0.265 bits per heavy atom. The molecule has 0 radical (unpaired) electrons. The van der Waals surface area contributed by atoms with Gasteiger partial charge in [-0.2, -0.15) is 0 Å². The first-order chi connectivity index (χ1) is 33.3. The minimum atomic E-state index is -0.138. The van der Waals surface area contributed by atoms with Gasteiger partial charge in [-0.15, -0.1) is 0 Å². The topological polar surface area (TPSA) is 75.5 Å². The van der Waals surface area contributed by atoms with E-state index in [0.717, 1.165) is 72.2 Å². The van der Waals surface area contributed by atoms with Gasteiger partial charge in [0, 0.05) is 49.4 Å². The molecule has 0 unspecified atom stereocenters. The highest BCUT2D eigenvalue weighted by Gasteiger charge is 2.22. The summed E-state index contributed by atoms with van der Waals surface area (Å²) in [6.07, 6.45) is 0. The van der Waals surface area contributed by atoms with E-state index >= 15 is 0 Å². The fourth-order valence-electron chi connectivity index (χ4n) is 10.7. The molecule has 0 saturated carbocycles. The van der Waals surface area contributed by atoms with E-state index in [1.54, 1.807) is 15.7 Å². The maximum absolute atomic E-state index is 11.1. The van der Waals surface area contributed by atoms with Gasteiger partial charge in [0.15, 0.2) is 0 Å². The van der Waals surface area contributed by atoms with Crippen LogP contribution in [0, 0.1) is 0 Å². The molecule has 0 bridgehead atoms. The predicted octanol–water partition coefficient (Wildman–Crippen LogP) is 11.6. The molecule has 8 heteroatoms. The molecule has 3 aromatic heterocycles. The number of aromatic nitrogens is 3. The summed E-state index contributed by atoms with van der Waals surface area (Å²) in [7, 11) is 3.30. The van der Waals surface area contributed by atoms with Crippen molar-refractivity contribution in [2.75, 3.05) is 0 Å². The number of para-hydroxylation sites is 4. The van der Waals surface area contributed by atoms with E-state index in [2.05, 4.69) is 196 Å². The lowest BCUT2D eigenvalue weighted by Gasteiger charge is -2.16. The van der Waals surface area contributed by atoms with Crippen LogP contribution in [0.2, 0.25) is 0 Å². The largest absolute Gasteiger partial charge is 0.509 e. The van der Waals surface area contributed by atoms with Gasteiger partial charge in [0.1, 0.15) is 32.9 Å². The second-order valence-electron chi connectivity index (χ2n) is 17.9. The van der Waals surface area contributed by atoms with Crippen molar-refractivity contribution in [2.24, 2.45) is 0 Å². The van der Waals surface area contributed by atoms with Crippen molar-refractivity contribution >= 4 is 92.0 Å². The Hall–Kier alpha value is -8.87. The predicted molar refractivity (Wildman–Crippen MR) is 287 cm³/mol. The van der Waals surface area contributed by atoms with E-state index in [0.29, 0.717) is 22.1 Å². The van der Waals surface area contributed by atoms with Crippen molar-refractivity contribution in [3.05, 3.63) is 206 Å². The fraction of sp³-hybridized carbons (Fsp3) is 0. The van der Waals surface area contributed by atoms with Crippen LogP contribution in [0.4, 0.5) is 0 Å². The van der Waals surface area contributed by atoms with Crippen LogP contribution in [0.1, 0.15) is 0 Å². The number of rotatable bonds is 6. The van der Waals surface area contributed by atoms with Crippen molar-refractivity contribution in [2.45, 2.75) is 0 Å². The zero-order chi connectivity index (χ0) is 45.8. The zero-order valence-corrected chi connectivity index (χ0v) is 37.3. The average molecular weight is 874 g/mol. The van der Waals surface area contributed by atoms with Crippen LogP contribution in [0.25, 0.3) is 116 Å². The van der Waals surface area contributed by atoms with Crippen LogP contribution >= 0.6 is 0 Å². The van der Waals surface area contributed by atoms with Crippen LogP contribution in [-0.2, 0) is 0 Å². The molecular formula is C60H41B2N3O3. The highest BCUT2D eigenvalue weighted by atomic mass is 16.3. The van der Waals surface area contributed by atoms with E-state index < -0.39 is 0 Å². The lowest BCUT2D eigenvalue weighted by molar-refractivity contribution is 0.442. The minimum Gasteiger partial charge on any atom is -0.509 e. The Labute approximate surface area is 393 Å². The minimum absolute atomic E-state index is 0.109. The molecule has 0 amide bonds. The number of phenolic OH excluding ortho intramolecular Hbond substituents is 3. The molecule has 0 aliphatic rings. The van der Waals surface area contributed by atoms with Crippen molar-refractivity contribution in [3.8, 4) is 67.7 Å². The van der Waals surface area contributed by atoms with Crippen LogP contribution in [0.5, 0.6) is 17.2 Å². The summed E-state index contributed by atoms with van der Waals surface area (Å²) in [6.45, 7) is 0. The van der Waals surface area contributed by atoms with Gasteiger partial charge >= 0.3 is 0 Å². The summed E-state index contributed by atoms with van der Waals surface area (Å²) in [5, 5.41) is 39.8. The molecule has 0 saturated heterocycles. The second-order valence-corrected chi connectivity index (χ2v) is 17.9. The third-order valence-electron chi connectivity index (χ3n) is 14.1. The summed E-state index contributed by atoms with van der Waals surface area (Å²) >= 11 is 0. The lowest BCUT2D eigenvalue weighted by atomic mass is 9.80. The van der Waals surface area contributed by atoms with Gasteiger partial charge < -0.3 is 29.0 Å². The summed E-state index contributed by atoms with van der Waals surface area (Å²) in [5.41, 5.74) is 16.1. The smallest absolute Gasteiger partial charge is 0.149 e. The third-order valence-corrected chi connectivity index (χ3v) is 14.1. The van der Waals surface area contributed by atoms with E-state index in [9.17, 15) is 15.3 Å². The van der Waals surface area contributed by atoms with Crippen LogP contribution in [0.15, 0.2) is 206 Å². The van der Waals surface area contributed by atoms with E-state index in [1.165, 1.54) is 32.6 Å². The summed E-state index contributed by atoms with van der Waals surface area (Å²) in [4.78, 5) is 0. The van der Waals surface area contributed by atoms with Gasteiger partial charge in [0.05, 0.1) is 38.7 Å². The first-order valence-electron chi connectivity index (χ1n) is 22.9. The molecule has 0 spiro atoms. The van der Waals surface area contributed by atoms with Gasteiger partial charge in [-0.25, -0.2) is 0 Å². The third kappa shape index (κ3) is 5.87. The molecule has 68 heavy (non-hydrogen) atoms. The average Bonchev–Trinajstić information content (AvgIpc) is 4.03. The van der Waals surface area contributed by atoms with E-state index in [-0.39, 0.29) is 17.2 Å². The Morgan fingerprint density at radius 3 is 0.941 bits per heavy atom. The maximum Gasteiger partial charge on any atom is 0.149 e. The van der Waals surface area contributed by atoms with E-state index in [4.69, 9.17) is 0 Å². The molecule has 0 atom stereocenters. The quantitative estimate of drug-likeness (QED) is 0.146. The molecular weight excluding hydrogens is 832 g/mol. The summed E-state index contributed by atoms with van der Waals surface area (Å²) in [6, 6.07) is 73.5. The molecule has 320 valence electrons. The summed E-state index contributed by atoms with van der Waals surface area (Å²) in [5.74, 6) is -0.385. The SMILES string of the molecule is Bc1c(O)c(B)c(O)c(-c2ccc(-n3c4ccc(-c5ccc6c(c5)c5ccccc5n6-c5ccccc5)cc4c4cc(-c5ccc6c(c5)c5ccccc5n6-c5ccccc5)ccc43)cc2)c1O. The first-order valence-corrected chi connectivity index (χ1v) is 22.9. The monoisotopic (exact) mass is 873 g/mol. The van der Waals surface area contributed by atoms with Crippen LogP contribution in [0.3, 0.4) is 0 Å². The number of benzene rings is 10. The number of aromatic hydroxyl groups is 3. The van der Waals surface area contributed by atoms with Crippen molar-refractivity contribution in [1.82, 2.24) is 13.7 Å². The van der Waals surface area contributed by atoms with E-state index in [1.807, 2.05) is 24.3 Å². The molecule has 13 rings (SSSR count). The van der Waals surface area contributed by atoms with Crippen LogP contribution < -0.4 is 10.9 Å². The first kappa shape index (κ1) is 39.5. The number of hydrogen-bond donors (Lipinski definition) is 3. The molecule has 0 aliphatic heterocycles. The van der Waals surface area contributed by atoms with Crippen molar-refractivity contribution < 1.29 is 15.3 Å². The van der Waals surface area contributed by atoms with Gasteiger partial charge in [-0.3, -0.25) is 0 Å². The Kier molecular flexibility index (Phi) is 8.76. The van der Waals surface area contributed by atoms with Gasteiger partial charge in [-0.1, -0.05) is 109 Å². The van der Waals surface area contributed by atoms with Gasteiger partial charge in [-0.05, 0) is 136 Å². The Bertz CT molecular complexity index is 3950. The van der Waals surface area contributed by atoms with Crippen LogP contribution in [-0.4, -0.2) is 44.7 Å². The van der Waals surface area contributed by atoms with Gasteiger partial charge in [0.2, 0.25) is 0 Å². The highest BCUT2D eigenvalue weighted by Crippen LogP contribution is 2.42. The number of hydrogen-bond acceptors (Lipinski definition) is 3. The maximum atomic E-state index is 11.1. The number of nitrogens with zero attached hydrogens (tertiary/aromatic N) is 3. The summed E-state index contributed by atoms with van der Waals surface area (Å²) < 4.78 is 6.99. The standard InChI is InChI=1S/C60H41B2N3O3/c61-56-58(66)55(59(67)57(62)60(56)68)35-19-25-42(26-20-35)65-53-29-23-38(36-21-27-51-45(31-36)43-15-7-9-17-49(43)63(51)40-11-3-1-4-12-40)33-47(53)48-34-39(24-30-54(48)65)37-22-28-52-46(32-37)44-16-8-10-18-50(44)64(52)41-13-5-2-6-14-41/h1-34,66-68H,61-62H2. The Morgan fingerprint density at radius 2 is 0.559 bits per heavy atom. The molecule has 13 aromatic rings. The molecule has 3 heterocycles. The molecule has 0 aliphatic carbocycles. The molecule has 6 nitrogen and oxygen atoms in total. The number of phenols is 3. The zero-order valence-electron chi connectivity index (χ0n) is 37.3. The molecule has 10 aromatic carbocycles. The highest BCUT2D eigenvalue weighted by molar-refractivity contribution is 6.44. The van der Waals surface area contributed by atoms with Crippen molar-refractivity contribution in [1.29, 1.82) is 0 Å². The Balaban J connectivity index is 1.00.